The summed E-state index contributed by atoms with van der Waals surface area (Å²) in [5.74, 6) is 0.123. The quantitative estimate of drug-likeness (QED) is 0.524. The molecular weight excluding hydrogens is 190 g/mol. The lowest BCUT2D eigenvalue weighted by Crippen LogP contribution is -2.08. The van der Waals surface area contributed by atoms with Crippen molar-refractivity contribution in [3.63, 3.8) is 0 Å². The van der Waals surface area contributed by atoms with Crippen molar-refractivity contribution >= 4 is 28.4 Å². The van der Waals surface area contributed by atoms with Gasteiger partial charge in [-0.2, -0.15) is 0 Å². The van der Waals surface area contributed by atoms with Crippen molar-refractivity contribution < 1.29 is 0 Å². The molecule has 0 saturated heterocycles. The summed E-state index contributed by atoms with van der Waals surface area (Å²) >= 11 is 0. The van der Waals surface area contributed by atoms with Crippen molar-refractivity contribution in [2.75, 3.05) is 22.9 Å². The van der Waals surface area contributed by atoms with Crippen molar-refractivity contribution in [1.29, 1.82) is 0 Å². The van der Waals surface area contributed by atoms with Crippen LogP contribution >= 0.6 is 0 Å². The van der Waals surface area contributed by atoms with Crippen molar-refractivity contribution in [2.45, 2.75) is 19.8 Å². The Morgan fingerprint density at radius 1 is 0.933 bits per heavy atom. The molecule has 8 N–H and O–H groups in total. The third-order valence-corrected chi connectivity index (χ3v) is 2.38. The fourth-order valence-corrected chi connectivity index (χ4v) is 1.56. The summed E-state index contributed by atoms with van der Waals surface area (Å²) in [6.07, 6.45) is 0. The Morgan fingerprint density at radius 3 is 1.80 bits per heavy atom. The maximum Gasteiger partial charge on any atom is 0.370 e. The van der Waals surface area contributed by atoms with E-state index in [4.69, 9.17) is 29.5 Å². The van der Waals surface area contributed by atoms with Gasteiger partial charge in [-0.15, -0.1) is 0 Å². The number of hydrogen-bond donors (Lipinski definition) is 4. The minimum absolute atomic E-state index is 0.123. The zero-order chi connectivity index (χ0) is 11.7. The Balaban J connectivity index is 3.72. The predicted octanol–water partition coefficient (Wildman–Crippen LogP) is 1.73. The Labute approximate surface area is 88.9 Å². The number of nitrogens with two attached hydrogens (primary N) is 4. The van der Waals surface area contributed by atoms with E-state index in [2.05, 4.69) is 4.85 Å². The lowest BCUT2D eigenvalue weighted by atomic mass is 9.96. The van der Waals surface area contributed by atoms with Gasteiger partial charge in [-0.1, -0.05) is 13.8 Å². The van der Waals surface area contributed by atoms with Crippen LogP contribution in [0.1, 0.15) is 25.3 Å². The van der Waals surface area contributed by atoms with Gasteiger partial charge in [-0.3, -0.25) is 0 Å². The van der Waals surface area contributed by atoms with Gasteiger partial charge in [0, 0.05) is 0 Å². The number of benzene rings is 1. The van der Waals surface area contributed by atoms with Gasteiger partial charge in [0.1, 0.15) is 0 Å². The van der Waals surface area contributed by atoms with Gasteiger partial charge in [0.2, 0.25) is 0 Å². The van der Waals surface area contributed by atoms with E-state index < -0.39 is 0 Å². The zero-order valence-electron chi connectivity index (χ0n) is 8.91. The molecule has 0 aliphatic rings. The Morgan fingerprint density at radius 2 is 1.40 bits per heavy atom. The molecule has 0 fully saturated rings. The molecule has 0 amide bonds. The maximum atomic E-state index is 5.85. The van der Waals surface area contributed by atoms with E-state index in [-0.39, 0.29) is 17.3 Å². The third-order valence-electron chi connectivity index (χ3n) is 2.38. The monoisotopic (exact) mass is 206 g/mol. The number of rotatable bonds is 1. The number of nitrogens with zero attached hydrogens (tertiary/aromatic N) is 1. The van der Waals surface area contributed by atoms with E-state index in [0.717, 1.165) is 5.56 Å². The second-order valence-electron chi connectivity index (χ2n) is 3.70. The normalized spacial score (nSPS) is 10.3. The van der Waals surface area contributed by atoms with Crippen LogP contribution in [0.15, 0.2) is 0 Å². The molecule has 0 heterocycles. The van der Waals surface area contributed by atoms with E-state index in [9.17, 15) is 0 Å². The largest absolute Gasteiger partial charge is 0.397 e. The molecule has 0 radical (unpaired) electrons. The SMILES string of the molecule is C#[N+]c1c(N)c(N)c(N)c(N)c1C(C)C. The molecule has 1 aromatic rings. The van der Waals surface area contributed by atoms with E-state index in [1.165, 1.54) is 0 Å². The van der Waals surface area contributed by atoms with Crippen LogP contribution in [0.4, 0.5) is 28.4 Å². The van der Waals surface area contributed by atoms with Gasteiger partial charge >= 0.3 is 5.69 Å². The average Bonchev–Trinajstić information content (AvgIpc) is 2.19. The fourth-order valence-electron chi connectivity index (χ4n) is 1.56. The first-order valence-corrected chi connectivity index (χ1v) is 4.58. The molecule has 80 valence electrons. The van der Waals surface area contributed by atoms with Crippen molar-refractivity contribution in [1.82, 2.24) is 0 Å². The second-order valence-corrected chi connectivity index (χ2v) is 3.70. The smallest absolute Gasteiger partial charge is 0.370 e. The molecule has 5 nitrogen and oxygen atoms in total. The van der Waals surface area contributed by atoms with E-state index in [1.807, 2.05) is 13.8 Å². The molecule has 0 aliphatic carbocycles. The van der Waals surface area contributed by atoms with Crippen LogP contribution in [-0.4, -0.2) is 0 Å². The Hall–Kier alpha value is -2.09. The topological polar surface area (TPSA) is 108 Å². The highest BCUT2D eigenvalue weighted by molar-refractivity contribution is 5.97. The number of hydrogen-bond acceptors (Lipinski definition) is 4. The second kappa shape index (κ2) is 3.58. The van der Waals surface area contributed by atoms with Crippen LogP contribution in [0.3, 0.4) is 0 Å². The first-order valence-electron chi connectivity index (χ1n) is 4.58. The molecular formula is C10H16N5+. The van der Waals surface area contributed by atoms with Crippen LogP contribution in [-0.2, 0) is 0 Å². The van der Waals surface area contributed by atoms with Gasteiger partial charge in [-0.05, 0) is 10.8 Å². The maximum absolute atomic E-state index is 5.85. The summed E-state index contributed by atoms with van der Waals surface area (Å²) in [6.45, 7) is 9.18. The predicted molar refractivity (Wildman–Crippen MR) is 66.1 cm³/mol. The van der Waals surface area contributed by atoms with E-state index in [0.29, 0.717) is 17.1 Å². The highest BCUT2D eigenvalue weighted by Gasteiger charge is 2.26. The first kappa shape index (κ1) is 11.0. The van der Waals surface area contributed by atoms with Crippen LogP contribution in [0, 0.1) is 6.57 Å². The molecule has 1 aromatic carbocycles. The van der Waals surface area contributed by atoms with E-state index >= 15 is 0 Å². The van der Waals surface area contributed by atoms with Gasteiger partial charge in [0.05, 0.1) is 22.6 Å². The summed E-state index contributed by atoms with van der Waals surface area (Å²) in [4.78, 5) is 3.61. The standard InChI is InChI=1S/C10H16N5/c1-4(2)5-6(11)7(12)8(13)9(14)10(5)15-3/h3-4H,11-14H2,1-2H3/q+1. The summed E-state index contributed by atoms with van der Waals surface area (Å²) in [5.41, 5.74) is 25.4. The summed E-state index contributed by atoms with van der Waals surface area (Å²) in [5, 5.41) is 0. The fraction of sp³-hybridized carbons (Fsp3) is 0.300. The molecule has 15 heavy (non-hydrogen) atoms. The lowest BCUT2D eigenvalue weighted by molar-refractivity contribution is 0.875. The molecule has 5 heteroatoms. The third kappa shape index (κ3) is 1.50. The Bertz CT molecular complexity index is 442. The molecule has 0 bridgehead atoms. The zero-order valence-corrected chi connectivity index (χ0v) is 8.91. The highest BCUT2D eigenvalue weighted by Crippen LogP contribution is 2.44. The van der Waals surface area contributed by atoms with Crippen molar-refractivity contribution in [3.8, 4) is 6.57 Å². The van der Waals surface area contributed by atoms with Gasteiger partial charge in [0.25, 0.3) is 6.57 Å². The summed E-state index contributed by atoms with van der Waals surface area (Å²) < 4.78 is 0. The molecule has 0 atom stereocenters. The van der Waals surface area contributed by atoms with Gasteiger partial charge < -0.3 is 22.9 Å². The Kier molecular flexibility index (Phi) is 2.62. The van der Waals surface area contributed by atoms with Crippen molar-refractivity contribution in [3.05, 3.63) is 10.4 Å². The lowest BCUT2D eigenvalue weighted by Gasteiger charge is -2.13. The molecule has 0 spiro atoms. The molecule has 1 rings (SSSR count). The summed E-state index contributed by atoms with van der Waals surface area (Å²) in [6, 6.07) is 0. The molecule has 0 unspecified atom stereocenters. The minimum atomic E-state index is 0.123. The number of nitrogen functional groups attached to an aromatic ring is 4. The van der Waals surface area contributed by atoms with Crippen LogP contribution < -0.4 is 22.9 Å². The first-order chi connectivity index (χ1) is 6.91. The van der Waals surface area contributed by atoms with Crippen LogP contribution in [0.5, 0.6) is 0 Å². The summed E-state index contributed by atoms with van der Waals surface area (Å²) in [7, 11) is 0. The minimum Gasteiger partial charge on any atom is -0.397 e. The average molecular weight is 206 g/mol. The van der Waals surface area contributed by atoms with Gasteiger partial charge in [0.15, 0.2) is 5.69 Å². The molecule has 0 aliphatic heterocycles. The van der Waals surface area contributed by atoms with Crippen molar-refractivity contribution in [2.24, 2.45) is 0 Å². The molecule has 0 saturated carbocycles. The highest BCUT2D eigenvalue weighted by atomic mass is 14.8. The van der Waals surface area contributed by atoms with E-state index in [1.54, 1.807) is 0 Å². The van der Waals surface area contributed by atoms with Crippen LogP contribution in [0.2, 0.25) is 0 Å². The number of anilines is 4. The van der Waals surface area contributed by atoms with Crippen LogP contribution in [0.25, 0.3) is 4.85 Å². The molecule has 0 aromatic heterocycles. The van der Waals surface area contributed by atoms with Gasteiger partial charge in [-0.25, -0.2) is 0 Å².